The summed E-state index contributed by atoms with van der Waals surface area (Å²) < 4.78 is 5.38. The lowest BCUT2D eigenvalue weighted by molar-refractivity contribution is 0.111. The number of rotatable bonds is 5. The first-order valence-electron chi connectivity index (χ1n) is 6.74. The minimum atomic E-state index is 0.610. The Kier molecular flexibility index (Phi) is 5.13. The van der Waals surface area contributed by atoms with Gasteiger partial charge >= 0.3 is 0 Å². The lowest BCUT2D eigenvalue weighted by atomic mass is 10.2. The fourth-order valence-electron chi connectivity index (χ4n) is 2.18. The maximum atomic E-state index is 8.75. The zero-order valence-corrected chi connectivity index (χ0v) is 11.4. The number of anilines is 1. The Morgan fingerprint density at radius 2 is 2.11 bits per heavy atom. The standard InChI is InChI=1S/C14H20N4O/c1-2-19-10-9-17-5-7-18(8-6-17)14-4-3-13(11-15)12-16-14/h3-4,12H,2,5-10H2,1H3. The summed E-state index contributed by atoms with van der Waals surface area (Å²) in [6.45, 7) is 8.65. The van der Waals surface area contributed by atoms with Crippen LogP contribution in [0.1, 0.15) is 12.5 Å². The van der Waals surface area contributed by atoms with Crippen molar-refractivity contribution in [3.05, 3.63) is 23.9 Å². The van der Waals surface area contributed by atoms with Crippen LogP contribution in [-0.2, 0) is 4.74 Å². The van der Waals surface area contributed by atoms with Gasteiger partial charge in [0.1, 0.15) is 11.9 Å². The van der Waals surface area contributed by atoms with Gasteiger partial charge in [-0.1, -0.05) is 0 Å². The largest absolute Gasteiger partial charge is 0.380 e. The van der Waals surface area contributed by atoms with Crippen LogP contribution in [0.25, 0.3) is 0 Å². The van der Waals surface area contributed by atoms with E-state index in [2.05, 4.69) is 20.9 Å². The van der Waals surface area contributed by atoms with Crippen molar-refractivity contribution >= 4 is 5.82 Å². The number of hydrogen-bond donors (Lipinski definition) is 0. The van der Waals surface area contributed by atoms with Gasteiger partial charge < -0.3 is 9.64 Å². The molecule has 5 heteroatoms. The quantitative estimate of drug-likeness (QED) is 0.742. The second-order valence-corrected chi connectivity index (χ2v) is 4.54. The zero-order chi connectivity index (χ0) is 13.5. The maximum Gasteiger partial charge on any atom is 0.128 e. The summed E-state index contributed by atoms with van der Waals surface area (Å²) in [5.74, 6) is 0.962. The van der Waals surface area contributed by atoms with E-state index in [1.807, 2.05) is 19.1 Å². The topological polar surface area (TPSA) is 52.4 Å². The maximum absolute atomic E-state index is 8.75. The molecule has 1 aliphatic heterocycles. The second-order valence-electron chi connectivity index (χ2n) is 4.54. The molecule has 0 bridgehead atoms. The van der Waals surface area contributed by atoms with E-state index in [9.17, 15) is 0 Å². The molecule has 1 aromatic heterocycles. The Hall–Kier alpha value is -1.64. The summed E-state index contributed by atoms with van der Waals surface area (Å²) in [5, 5.41) is 8.75. The predicted octanol–water partition coefficient (Wildman–Crippen LogP) is 1.11. The predicted molar refractivity (Wildman–Crippen MR) is 74.1 cm³/mol. The molecule has 0 spiro atoms. The summed E-state index contributed by atoms with van der Waals surface area (Å²) in [4.78, 5) is 9.01. The van der Waals surface area contributed by atoms with Crippen molar-refractivity contribution in [2.75, 3.05) is 50.8 Å². The number of nitrogens with zero attached hydrogens (tertiary/aromatic N) is 4. The van der Waals surface area contributed by atoms with Crippen molar-refractivity contribution in [3.63, 3.8) is 0 Å². The number of pyridine rings is 1. The monoisotopic (exact) mass is 260 g/mol. The van der Waals surface area contributed by atoms with Crippen LogP contribution in [0.3, 0.4) is 0 Å². The van der Waals surface area contributed by atoms with Crippen LogP contribution in [0.5, 0.6) is 0 Å². The molecule has 1 fully saturated rings. The molecule has 0 amide bonds. The normalized spacial score (nSPS) is 16.3. The van der Waals surface area contributed by atoms with Crippen molar-refractivity contribution in [3.8, 4) is 6.07 Å². The summed E-state index contributed by atoms with van der Waals surface area (Å²) >= 11 is 0. The van der Waals surface area contributed by atoms with Gasteiger partial charge in [-0.3, -0.25) is 4.90 Å². The molecule has 0 atom stereocenters. The molecule has 5 nitrogen and oxygen atoms in total. The smallest absolute Gasteiger partial charge is 0.128 e. The van der Waals surface area contributed by atoms with Gasteiger partial charge in [-0.15, -0.1) is 0 Å². The Morgan fingerprint density at radius 1 is 1.32 bits per heavy atom. The molecule has 0 radical (unpaired) electrons. The highest BCUT2D eigenvalue weighted by Gasteiger charge is 2.17. The second kappa shape index (κ2) is 7.07. The van der Waals surface area contributed by atoms with E-state index in [-0.39, 0.29) is 0 Å². The molecule has 102 valence electrons. The van der Waals surface area contributed by atoms with Gasteiger partial charge in [-0.2, -0.15) is 5.26 Å². The van der Waals surface area contributed by atoms with E-state index in [1.54, 1.807) is 6.20 Å². The highest BCUT2D eigenvalue weighted by Crippen LogP contribution is 2.13. The van der Waals surface area contributed by atoms with E-state index in [0.29, 0.717) is 5.56 Å². The first-order valence-corrected chi connectivity index (χ1v) is 6.74. The number of aromatic nitrogens is 1. The summed E-state index contributed by atoms with van der Waals surface area (Å²) in [6.07, 6.45) is 1.64. The Labute approximate surface area is 114 Å². The summed E-state index contributed by atoms with van der Waals surface area (Å²) in [5.41, 5.74) is 0.610. The van der Waals surface area contributed by atoms with Crippen LogP contribution in [0.4, 0.5) is 5.82 Å². The summed E-state index contributed by atoms with van der Waals surface area (Å²) in [7, 11) is 0. The highest BCUT2D eigenvalue weighted by molar-refractivity contribution is 5.42. The lowest BCUT2D eigenvalue weighted by Gasteiger charge is -2.35. The van der Waals surface area contributed by atoms with E-state index in [4.69, 9.17) is 10.00 Å². The molecule has 0 aromatic carbocycles. The van der Waals surface area contributed by atoms with Gasteiger partial charge in [0.25, 0.3) is 0 Å². The molecule has 2 rings (SSSR count). The molecule has 0 saturated carbocycles. The molecule has 0 unspecified atom stereocenters. The molecule has 1 saturated heterocycles. The SMILES string of the molecule is CCOCCN1CCN(c2ccc(C#N)cn2)CC1. The molecule has 0 N–H and O–H groups in total. The van der Waals surface area contributed by atoms with Gasteiger partial charge in [-0.05, 0) is 19.1 Å². The Bertz CT molecular complexity index is 418. The van der Waals surface area contributed by atoms with E-state index in [0.717, 1.165) is 51.8 Å². The Morgan fingerprint density at radius 3 is 2.68 bits per heavy atom. The van der Waals surface area contributed by atoms with Crippen LogP contribution in [-0.4, -0.2) is 55.8 Å². The summed E-state index contributed by atoms with van der Waals surface area (Å²) in [6, 6.07) is 5.84. The van der Waals surface area contributed by atoms with Crippen LogP contribution in [0.15, 0.2) is 18.3 Å². The average Bonchev–Trinajstić information content (AvgIpc) is 2.48. The van der Waals surface area contributed by atoms with Crippen molar-refractivity contribution in [1.82, 2.24) is 9.88 Å². The fourth-order valence-corrected chi connectivity index (χ4v) is 2.18. The van der Waals surface area contributed by atoms with Crippen molar-refractivity contribution < 1.29 is 4.74 Å². The molecule has 1 aromatic rings. The average molecular weight is 260 g/mol. The molecule has 2 heterocycles. The molecule has 0 aliphatic carbocycles. The van der Waals surface area contributed by atoms with E-state index in [1.165, 1.54) is 0 Å². The van der Waals surface area contributed by atoms with Gasteiger partial charge in [0, 0.05) is 45.5 Å². The van der Waals surface area contributed by atoms with Crippen molar-refractivity contribution in [2.45, 2.75) is 6.92 Å². The van der Waals surface area contributed by atoms with Gasteiger partial charge in [-0.25, -0.2) is 4.98 Å². The third-order valence-corrected chi connectivity index (χ3v) is 3.33. The van der Waals surface area contributed by atoms with Crippen molar-refractivity contribution in [1.29, 1.82) is 5.26 Å². The number of piperazine rings is 1. The lowest BCUT2D eigenvalue weighted by Crippen LogP contribution is -2.47. The van der Waals surface area contributed by atoms with Crippen LogP contribution >= 0.6 is 0 Å². The molecule has 1 aliphatic rings. The van der Waals surface area contributed by atoms with E-state index >= 15 is 0 Å². The van der Waals surface area contributed by atoms with Gasteiger partial charge in [0.05, 0.1) is 12.2 Å². The number of ether oxygens (including phenoxy) is 1. The van der Waals surface area contributed by atoms with Gasteiger partial charge in [0.15, 0.2) is 0 Å². The van der Waals surface area contributed by atoms with Crippen molar-refractivity contribution in [2.24, 2.45) is 0 Å². The minimum Gasteiger partial charge on any atom is -0.380 e. The fraction of sp³-hybridized carbons (Fsp3) is 0.571. The third-order valence-electron chi connectivity index (χ3n) is 3.33. The molecule has 19 heavy (non-hydrogen) atoms. The first kappa shape index (κ1) is 13.8. The zero-order valence-electron chi connectivity index (χ0n) is 11.4. The van der Waals surface area contributed by atoms with E-state index < -0.39 is 0 Å². The van der Waals surface area contributed by atoms with Crippen LogP contribution in [0.2, 0.25) is 0 Å². The first-order chi connectivity index (χ1) is 9.33. The highest BCUT2D eigenvalue weighted by atomic mass is 16.5. The number of nitriles is 1. The van der Waals surface area contributed by atoms with Crippen LogP contribution in [0, 0.1) is 11.3 Å². The molecular formula is C14H20N4O. The third kappa shape index (κ3) is 3.91. The molecular weight excluding hydrogens is 240 g/mol. The Balaban J connectivity index is 1.80. The number of hydrogen-bond acceptors (Lipinski definition) is 5. The minimum absolute atomic E-state index is 0.610. The van der Waals surface area contributed by atoms with Gasteiger partial charge in [0.2, 0.25) is 0 Å². The van der Waals surface area contributed by atoms with Crippen LogP contribution < -0.4 is 4.90 Å².